The maximum absolute atomic E-state index is 11.2. The van der Waals surface area contributed by atoms with Gasteiger partial charge in [0.25, 0.3) is 0 Å². The van der Waals surface area contributed by atoms with E-state index in [9.17, 15) is 9.90 Å². The Labute approximate surface area is 166 Å². The predicted molar refractivity (Wildman–Crippen MR) is 110 cm³/mol. The highest BCUT2D eigenvalue weighted by Gasteiger charge is 2.29. The van der Waals surface area contributed by atoms with Gasteiger partial charge in [0.2, 0.25) is 0 Å². The number of anilines is 1. The molecule has 142 valence electrons. The third kappa shape index (κ3) is 4.90. The SMILES string of the molecule is Cc1cc(NCCc2csc(SC(C)(C)C(=O)O)n2)n(-c2ccccc2)n1. The van der Waals surface area contributed by atoms with E-state index < -0.39 is 10.7 Å². The minimum absolute atomic E-state index is 0.716. The van der Waals surface area contributed by atoms with E-state index >= 15 is 0 Å². The molecule has 0 amide bonds. The Bertz CT molecular complexity index is 919. The number of aryl methyl sites for hydroxylation is 1. The molecule has 0 aliphatic rings. The Kier molecular flexibility index (Phi) is 5.86. The molecule has 0 radical (unpaired) electrons. The zero-order valence-corrected chi connectivity index (χ0v) is 17.1. The van der Waals surface area contributed by atoms with Crippen molar-refractivity contribution in [3.63, 3.8) is 0 Å². The van der Waals surface area contributed by atoms with Crippen LogP contribution in [-0.4, -0.2) is 37.1 Å². The summed E-state index contributed by atoms with van der Waals surface area (Å²) in [6.45, 7) is 6.07. The summed E-state index contributed by atoms with van der Waals surface area (Å²) in [6.07, 6.45) is 0.754. The van der Waals surface area contributed by atoms with E-state index in [1.54, 1.807) is 13.8 Å². The van der Waals surface area contributed by atoms with Gasteiger partial charge in [-0.25, -0.2) is 9.67 Å². The highest BCUT2D eigenvalue weighted by molar-refractivity contribution is 8.02. The average Bonchev–Trinajstić information content (AvgIpc) is 3.21. The van der Waals surface area contributed by atoms with E-state index in [1.807, 2.05) is 53.4 Å². The summed E-state index contributed by atoms with van der Waals surface area (Å²) in [7, 11) is 0. The fourth-order valence-corrected chi connectivity index (χ4v) is 4.65. The Morgan fingerprint density at radius 1 is 1.33 bits per heavy atom. The van der Waals surface area contributed by atoms with E-state index in [2.05, 4.69) is 15.4 Å². The molecule has 1 aromatic carbocycles. The maximum atomic E-state index is 11.2. The lowest BCUT2D eigenvalue weighted by Crippen LogP contribution is -2.26. The number of benzene rings is 1. The van der Waals surface area contributed by atoms with Crippen LogP contribution in [0.2, 0.25) is 0 Å². The van der Waals surface area contributed by atoms with E-state index in [0.717, 1.165) is 33.7 Å². The van der Waals surface area contributed by atoms with E-state index in [0.29, 0.717) is 6.54 Å². The summed E-state index contributed by atoms with van der Waals surface area (Å²) in [5, 5.41) is 19.2. The van der Waals surface area contributed by atoms with E-state index in [4.69, 9.17) is 0 Å². The first-order valence-corrected chi connectivity index (χ1v) is 10.3. The molecule has 2 aromatic heterocycles. The summed E-state index contributed by atoms with van der Waals surface area (Å²) in [5.41, 5.74) is 2.92. The van der Waals surface area contributed by atoms with Crippen molar-refractivity contribution in [1.29, 1.82) is 0 Å². The molecule has 0 saturated heterocycles. The third-order valence-electron chi connectivity index (χ3n) is 3.91. The lowest BCUT2D eigenvalue weighted by atomic mass is 10.2. The van der Waals surface area contributed by atoms with Gasteiger partial charge in [0, 0.05) is 24.4 Å². The fraction of sp³-hybridized carbons (Fsp3) is 0.316. The number of rotatable bonds is 8. The lowest BCUT2D eigenvalue weighted by molar-refractivity contribution is -0.138. The second-order valence-electron chi connectivity index (χ2n) is 6.62. The van der Waals surface area contributed by atoms with Gasteiger partial charge in [0.1, 0.15) is 10.6 Å². The largest absolute Gasteiger partial charge is 0.480 e. The van der Waals surface area contributed by atoms with Crippen LogP contribution in [0.1, 0.15) is 25.2 Å². The number of nitrogens with one attached hydrogen (secondary N) is 1. The van der Waals surface area contributed by atoms with Crippen molar-refractivity contribution in [3.8, 4) is 5.69 Å². The normalized spacial score (nSPS) is 11.5. The number of aromatic nitrogens is 3. The fourth-order valence-electron chi connectivity index (χ4n) is 2.42. The molecule has 0 bridgehead atoms. The molecule has 27 heavy (non-hydrogen) atoms. The molecule has 0 aliphatic carbocycles. The molecule has 2 N–H and O–H groups in total. The number of thiazole rings is 1. The highest BCUT2D eigenvalue weighted by atomic mass is 32.2. The monoisotopic (exact) mass is 402 g/mol. The number of hydrogen-bond donors (Lipinski definition) is 2. The Hall–Kier alpha value is -2.32. The third-order valence-corrected chi connectivity index (χ3v) is 6.08. The van der Waals surface area contributed by atoms with Gasteiger partial charge in [-0.3, -0.25) is 4.79 Å². The first-order valence-electron chi connectivity index (χ1n) is 8.58. The first kappa shape index (κ1) is 19.4. The number of hydrogen-bond acceptors (Lipinski definition) is 6. The Morgan fingerprint density at radius 3 is 2.78 bits per heavy atom. The van der Waals surface area contributed by atoms with Crippen LogP contribution in [0.15, 0.2) is 46.1 Å². The quantitative estimate of drug-likeness (QED) is 0.549. The molecule has 8 heteroatoms. The topological polar surface area (TPSA) is 80.0 Å². The number of aliphatic carboxylic acids is 1. The average molecular weight is 403 g/mol. The summed E-state index contributed by atoms with van der Waals surface area (Å²) >= 11 is 2.77. The molecule has 3 aromatic rings. The van der Waals surface area contributed by atoms with Crippen LogP contribution in [0.5, 0.6) is 0 Å². The number of nitrogens with zero attached hydrogens (tertiary/aromatic N) is 3. The van der Waals surface area contributed by atoms with Gasteiger partial charge in [0.15, 0.2) is 4.34 Å². The van der Waals surface area contributed by atoms with Crippen molar-refractivity contribution in [3.05, 3.63) is 53.2 Å². The van der Waals surface area contributed by atoms with Gasteiger partial charge in [-0.2, -0.15) is 5.10 Å². The van der Waals surface area contributed by atoms with Gasteiger partial charge in [-0.15, -0.1) is 11.3 Å². The lowest BCUT2D eigenvalue weighted by Gasteiger charge is -2.15. The summed E-state index contributed by atoms with van der Waals surface area (Å²) in [6, 6.07) is 12.0. The van der Waals surface area contributed by atoms with Crippen molar-refractivity contribution in [2.45, 2.75) is 36.3 Å². The van der Waals surface area contributed by atoms with Gasteiger partial charge >= 0.3 is 5.97 Å². The molecule has 6 nitrogen and oxygen atoms in total. The Morgan fingerprint density at radius 2 is 2.07 bits per heavy atom. The summed E-state index contributed by atoms with van der Waals surface area (Å²) in [4.78, 5) is 15.8. The van der Waals surface area contributed by atoms with Gasteiger partial charge in [0.05, 0.1) is 17.1 Å². The van der Waals surface area contributed by atoms with Crippen molar-refractivity contribution in [2.24, 2.45) is 0 Å². The van der Waals surface area contributed by atoms with Crippen LogP contribution in [-0.2, 0) is 11.2 Å². The molecular weight excluding hydrogens is 380 g/mol. The molecule has 0 aliphatic heterocycles. The molecule has 0 fully saturated rings. The minimum Gasteiger partial charge on any atom is -0.480 e. The number of carbonyl (C=O) groups is 1. The second kappa shape index (κ2) is 8.14. The Balaban J connectivity index is 1.61. The van der Waals surface area contributed by atoms with Gasteiger partial charge in [-0.1, -0.05) is 30.0 Å². The zero-order chi connectivity index (χ0) is 19.4. The maximum Gasteiger partial charge on any atom is 0.319 e. The van der Waals surface area contributed by atoms with Crippen molar-refractivity contribution >= 4 is 34.9 Å². The molecule has 0 saturated carbocycles. The second-order valence-corrected chi connectivity index (χ2v) is 9.35. The van der Waals surface area contributed by atoms with Crippen molar-refractivity contribution in [1.82, 2.24) is 14.8 Å². The van der Waals surface area contributed by atoms with Crippen LogP contribution in [0, 0.1) is 6.92 Å². The molecule has 3 rings (SSSR count). The minimum atomic E-state index is -0.882. The van der Waals surface area contributed by atoms with Crippen molar-refractivity contribution in [2.75, 3.05) is 11.9 Å². The number of carboxylic acid groups (broad SMARTS) is 1. The number of thioether (sulfide) groups is 1. The van der Waals surface area contributed by atoms with E-state index in [1.165, 1.54) is 23.1 Å². The first-order chi connectivity index (χ1) is 12.8. The summed E-state index contributed by atoms with van der Waals surface area (Å²) in [5.74, 6) is 0.103. The predicted octanol–water partition coefficient (Wildman–Crippen LogP) is 4.25. The molecule has 0 atom stereocenters. The molecule has 2 heterocycles. The van der Waals surface area contributed by atoms with Crippen LogP contribution >= 0.6 is 23.1 Å². The highest BCUT2D eigenvalue weighted by Crippen LogP contribution is 2.34. The smallest absolute Gasteiger partial charge is 0.319 e. The zero-order valence-electron chi connectivity index (χ0n) is 15.5. The molecule has 0 unspecified atom stereocenters. The van der Waals surface area contributed by atoms with E-state index in [-0.39, 0.29) is 0 Å². The number of carboxylic acids is 1. The van der Waals surface area contributed by atoms with Crippen LogP contribution in [0.4, 0.5) is 5.82 Å². The molecule has 0 spiro atoms. The van der Waals surface area contributed by atoms with Crippen LogP contribution < -0.4 is 5.32 Å². The van der Waals surface area contributed by atoms with Crippen LogP contribution in [0.25, 0.3) is 5.69 Å². The molecular formula is C19H22N4O2S2. The van der Waals surface area contributed by atoms with Crippen molar-refractivity contribution < 1.29 is 9.90 Å². The summed E-state index contributed by atoms with van der Waals surface area (Å²) < 4.78 is 1.79. The van der Waals surface area contributed by atoms with Gasteiger partial charge < -0.3 is 10.4 Å². The van der Waals surface area contributed by atoms with Gasteiger partial charge in [-0.05, 0) is 32.9 Å². The number of para-hydroxylation sites is 1. The standard InChI is InChI=1S/C19H22N4O2S2/c1-13-11-16(23(22-13)15-7-5-4-6-8-15)20-10-9-14-12-26-18(21-14)27-19(2,3)17(24)25/h4-8,11-12,20H,9-10H2,1-3H3,(H,24,25). The van der Waals surface area contributed by atoms with Crippen LogP contribution in [0.3, 0.4) is 0 Å².